The molecule has 0 aromatic heterocycles. The molecular weight excluding hydrogens is 252 g/mol. The van der Waals surface area contributed by atoms with Crippen LogP contribution in [0.15, 0.2) is 0 Å². The molecule has 0 bridgehead atoms. The predicted octanol–water partition coefficient (Wildman–Crippen LogP) is 1.63. The van der Waals surface area contributed by atoms with Gasteiger partial charge in [0.25, 0.3) is 0 Å². The Labute approximate surface area is 123 Å². The molecule has 1 saturated heterocycles. The van der Waals surface area contributed by atoms with E-state index in [-0.39, 0.29) is 12.0 Å². The first-order chi connectivity index (χ1) is 9.65. The zero-order valence-electron chi connectivity index (χ0n) is 13.2. The van der Waals surface area contributed by atoms with Gasteiger partial charge in [0.2, 0.25) is 0 Å². The van der Waals surface area contributed by atoms with E-state index in [4.69, 9.17) is 4.74 Å². The second-order valence-electron chi connectivity index (χ2n) is 6.97. The van der Waals surface area contributed by atoms with Crippen LogP contribution in [-0.4, -0.2) is 61.5 Å². The maximum atomic E-state index is 9.38. The lowest BCUT2D eigenvalue weighted by molar-refractivity contribution is 0.0714. The summed E-state index contributed by atoms with van der Waals surface area (Å²) in [5.74, 6) is 0. The summed E-state index contributed by atoms with van der Waals surface area (Å²) in [6, 6.07) is 1.20. The molecule has 1 aliphatic carbocycles. The lowest BCUT2D eigenvalue weighted by atomic mass is 9.85. The standard InChI is InChI=1S/C16H32N2O2/c1-14(2)17-11-16(7-10-20-13-16)12-18(8-9-19)15-5-3-4-6-15/h14-15,17,19H,3-13H2,1-2H3. The average molecular weight is 284 g/mol. The SMILES string of the molecule is CC(C)NCC1(CN(CCO)C2CCCC2)CCOC1. The molecule has 0 aromatic carbocycles. The molecule has 1 heterocycles. The second kappa shape index (κ2) is 7.74. The summed E-state index contributed by atoms with van der Waals surface area (Å²) in [6.45, 7) is 9.33. The first kappa shape index (κ1) is 16.2. The quantitative estimate of drug-likeness (QED) is 0.711. The lowest BCUT2D eigenvalue weighted by Gasteiger charge is -2.38. The van der Waals surface area contributed by atoms with Crippen LogP contribution in [0.3, 0.4) is 0 Å². The van der Waals surface area contributed by atoms with E-state index in [2.05, 4.69) is 24.1 Å². The van der Waals surface area contributed by atoms with Gasteiger partial charge in [-0.05, 0) is 19.3 Å². The summed E-state index contributed by atoms with van der Waals surface area (Å²) in [7, 11) is 0. The Morgan fingerprint density at radius 3 is 2.65 bits per heavy atom. The Morgan fingerprint density at radius 2 is 2.10 bits per heavy atom. The van der Waals surface area contributed by atoms with E-state index in [1.807, 2.05) is 0 Å². The average Bonchev–Trinajstić information content (AvgIpc) is 3.08. The fourth-order valence-corrected chi connectivity index (χ4v) is 3.61. The van der Waals surface area contributed by atoms with Crippen molar-refractivity contribution in [2.45, 2.75) is 58.0 Å². The Hall–Kier alpha value is -0.160. The molecule has 118 valence electrons. The first-order valence-corrected chi connectivity index (χ1v) is 8.31. The smallest absolute Gasteiger partial charge is 0.0558 e. The van der Waals surface area contributed by atoms with Gasteiger partial charge in [0.1, 0.15) is 0 Å². The van der Waals surface area contributed by atoms with Gasteiger partial charge in [-0.2, -0.15) is 0 Å². The molecule has 0 spiro atoms. The molecule has 0 radical (unpaired) electrons. The third-order valence-corrected chi connectivity index (χ3v) is 4.84. The van der Waals surface area contributed by atoms with Crippen molar-refractivity contribution in [3.63, 3.8) is 0 Å². The molecule has 4 nitrogen and oxygen atoms in total. The maximum absolute atomic E-state index is 9.38. The predicted molar refractivity (Wildman–Crippen MR) is 81.9 cm³/mol. The largest absolute Gasteiger partial charge is 0.395 e. The number of aliphatic hydroxyl groups excluding tert-OH is 1. The minimum Gasteiger partial charge on any atom is -0.395 e. The zero-order valence-corrected chi connectivity index (χ0v) is 13.2. The van der Waals surface area contributed by atoms with E-state index in [1.54, 1.807) is 0 Å². The van der Waals surface area contributed by atoms with Crippen LogP contribution in [-0.2, 0) is 4.74 Å². The number of nitrogens with one attached hydrogen (secondary N) is 1. The van der Waals surface area contributed by atoms with Gasteiger partial charge in [-0.25, -0.2) is 0 Å². The van der Waals surface area contributed by atoms with Gasteiger partial charge in [0, 0.05) is 43.7 Å². The van der Waals surface area contributed by atoms with Crippen molar-refractivity contribution in [1.29, 1.82) is 0 Å². The molecule has 1 saturated carbocycles. The Morgan fingerprint density at radius 1 is 1.35 bits per heavy atom. The third kappa shape index (κ3) is 4.42. The van der Waals surface area contributed by atoms with Gasteiger partial charge < -0.3 is 15.2 Å². The molecule has 2 rings (SSSR count). The van der Waals surface area contributed by atoms with Crippen molar-refractivity contribution in [3.05, 3.63) is 0 Å². The number of hydrogen-bond acceptors (Lipinski definition) is 4. The molecule has 0 amide bonds. The van der Waals surface area contributed by atoms with Gasteiger partial charge in [-0.1, -0.05) is 26.7 Å². The summed E-state index contributed by atoms with van der Waals surface area (Å²) < 4.78 is 5.71. The van der Waals surface area contributed by atoms with Crippen molar-refractivity contribution >= 4 is 0 Å². The highest BCUT2D eigenvalue weighted by atomic mass is 16.5. The first-order valence-electron chi connectivity index (χ1n) is 8.31. The van der Waals surface area contributed by atoms with E-state index < -0.39 is 0 Å². The number of hydrogen-bond donors (Lipinski definition) is 2. The maximum Gasteiger partial charge on any atom is 0.0558 e. The van der Waals surface area contributed by atoms with Crippen LogP contribution in [0.25, 0.3) is 0 Å². The highest BCUT2D eigenvalue weighted by Gasteiger charge is 2.38. The van der Waals surface area contributed by atoms with Crippen LogP contribution >= 0.6 is 0 Å². The van der Waals surface area contributed by atoms with Crippen molar-refractivity contribution in [2.24, 2.45) is 5.41 Å². The van der Waals surface area contributed by atoms with Crippen molar-refractivity contribution < 1.29 is 9.84 Å². The van der Waals surface area contributed by atoms with Crippen LogP contribution in [0.1, 0.15) is 46.0 Å². The van der Waals surface area contributed by atoms with E-state index in [0.717, 1.165) is 39.3 Å². The number of aliphatic hydroxyl groups is 1. The molecular formula is C16H32N2O2. The fourth-order valence-electron chi connectivity index (χ4n) is 3.61. The number of rotatable bonds is 8. The lowest BCUT2D eigenvalue weighted by Crippen LogP contribution is -2.49. The normalized spacial score (nSPS) is 28.1. The minimum absolute atomic E-state index is 0.238. The van der Waals surface area contributed by atoms with Crippen molar-refractivity contribution in [1.82, 2.24) is 10.2 Å². The highest BCUT2D eigenvalue weighted by Crippen LogP contribution is 2.32. The van der Waals surface area contributed by atoms with E-state index in [1.165, 1.54) is 25.7 Å². The Balaban J connectivity index is 1.96. The molecule has 1 unspecified atom stereocenters. The van der Waals surface area contributed by atoms with E-state index >= 15 is 0 Å². The Kier molecular flexibility index (Phi) is 6.27. The van der Waals surface area contributed by atoms with Gasteiger partial charge in [-0.3, -0.25) is 4.90 Å². The third-order valence-electron chi connectivity index (χ3n) is 4.84. The van der Waals surface area contributed by atoms with Gasteiger partial charge >= 0.3 is 0 Å². The summed E-state index contributed by atoms with van der Waals surface area (Å²) >= 11 is 0. The molecule has 2 N–H and O–H groups in total. The van der Waals surface area contributed by atoms with Gasteiger partial charge in [-0.15, -0.1) is 0 Å². The zero-order chi connectivity index (χ0) is 14.4. The summed E-state index contributed by atoms with van der Waals surface area (Å²) in [4.78, 5) is 2.53. The second-order valence-corrected chi connectivity index (χ2v) is 6.97. The van der Waals surface area contributed by atoms with Crippen LogP contribution in [0, 0.1) is 5.41 Å². The molecule has 2 fully saturated rings. The highest BCUT2D eigenvalue weighted by molar-refractivity contribution is 4.91. The number of nitrogens with zero attached hydrogens (tertiary/aromatic N) is 1. The van der Waals surface area contributed by atoms with Crippen molar-refractivity contribution in [2.75, 3.05) is 39.5 Å². The van der Waals surface area contributed by atoms with Crippen LogP contribution in [0.5, 0.6) is 0 Å². The topological polar surface area (TPSA) is 44.7 Å². The summed E-state index contributed by atoms with van der Waals surface area (Å²) in [6.07, 6.45) is 6.44. The van der Waals surface area contributed by atoms with E-state index in [9.17, 15) is 5.11 Å². The minimum atomic E-state index is 0.238. The molecule has 0 aromatic rings. The van der Waals surface area contributed by atoms with E-state index in [0.29, 0.717) is 12.1 Å². The molecule has 1 atom stereocenters. The van der Waals surface area contributed by atoms with Crippen LogP contribution in [0.4, 0.5) is 0 Å². The number of ether oxygens (including phenoxy) is 1. The van der Waals surface area contributed by atoms with Gasteiger partial charge in [0.05, 0.1) is 13.2 Å². The monoisotopic (exact) mass is 284 g/mol. The molecule has 1 aliphatic heterocycles. The molecule has 2 aliphatic rings. The van der Waals surface area contributed by atoms with Crippen molar-refractivity contribution in [3.8, 4) is 0 Å². The summed E-state index contributed by atoms with van der Waals surface area (Å²) in [5, 5.41) is 13.0. The van der Waals surface area contributed by atoms with Crippen LogP contribution in [0.2, 0.25) is 0 Å². The Bertz CT molecular complexity index is 272. The molecule has 4 heteroatoms. The fraction of sp³-hybridized carbons (Fsp3) is 1.00. The van der Waals surface area contributed by atoms with Crippen LogP contribution < -0.4 is 5.32 Å². The summed E-state index contributed by atoms with van der Waals surface area (Å²) in [5.41, 5.74) is 0.238. The van der Waals surface area contributed by atoms with Gasteiger partial charge in [0.15, 0.2) is 0 Å². The molecule has 20 heavy (non-hydrogen) atoms.